The van der Waals surface area contributed by atoms with E-state index in [1.807, 2.05) is 6.92 Å². The minimum absolute atomic E-state index is 0.0789. The predicted octanol–water partition coefficient (Wildman–Crippen LogP) is 1.14. The van der Waals surface area contributed by atoms with E-state index in [0.717, 1.165) is 6.42 Å². The van der Waals surface area contributed by atoms with Crippen LogP contribution in [-0.4, -0.2) is 17.8 Å². The standard InChI is InChI=1S/C8H12ClNO/c1-3-7(4-2)10-8(11)5-6-9/h1,7H,4-6H2,2H3,(H,10,11). The van der Waals surface area contributed by atoms with E-state index in [9.17, 15) is 4.79 Å². The maximum absolute atomic E-state index is 10.9. The molecular weight excluding hydrogens is 162 g/mol. The van der Waals surface area contributed by atoms with E-state index in [1.165, 1.54) is 0 Å². The zero-order valence-electron chi connectivity index (χ0n) is 6.56. The summed E-state index contributed by atoms with van der Waals surface area (Å²) in [4.78, 5) is 10.9. The van der Waals surface area contributed by atoms with Crippen molar-refractivity contribution >= 4 is 17.5 Å². The zero-order chi connectivity index (χ0) is 8.69. The number of amides is 1. The number of carbonyl (C=O) groups is 1. The summed E-state index contributed by atoms with van der Waals surface area (Å²) in [6.45, 7) is 1.92. The highest BCUT2D eigenvalue weighted by Gasteiger charge is 2.05. The van der Waals surface area contributed by atoms with Crippen molar-refractivity contribution in [2.24, 2.45) is 0 Å². The third-order valence-electron chi connectivity index (χ3n) is 1.27. The number of alkyl halides is 1. The molecule has 0 aromatic rings. The third-order valence-corrected chi connectivity index (χ3v) is 1.46. The molecule has 3 heteroatoms. The van der Waals surface area contributed by atoms with Crippen LogP contribution in [0.25, 0.3) is 0 Å². The normalized spacial score (nSPS) is 11.7. The second-order valence-electron chi connectivity index (χ2n) is 2.13. The van der Waals surface area contributed by atoms with Crippen LogP contribution in [-0.2, 0) is 4.79 Å². The van der Waals surface area contributed by atoms with E-state index in [2.05, 4.69) is 11.2 Å². The van der Waals surface area contributed by atoms with Gasteiger partial charge in [0.1, 0.15) is 0 Å². The van der Waals surface area contributed by atoms with Gasteiger partial charge in [-0.15, -0.1) is 18.0 Å². The molecule has 1 atom stereocenters. The molecule has 11 heavy (non-hydrogen) atoms. The number of hydrogen-bond donors (Lipinski definition) is 1. The van der Waals surface area contributed by atoms with Gasteiger partial charge in [0, 0.05) is 12.3 Å². The number of rotatable bonds is 4. The quantitative estimate of drug-likeness (QED) is 0.502. The number of halogens is 1. The number of hydrogen-bond acceptors (Lipinski definition) is 1. The van der Waals surface area contributed by atoms with Gasteiger partial charge in [-0.05, 0) is 6.42 Å². The molecule has 0 aromatic heterocycles. The van der Waals surface area contributed by atoms with Crippen LogP contribution in [0.5, 0.6) is 0 Å². The lowest BCUT2D eigenvalue weighted by Gasteiger charge is -2.08. The van der Waals surface area contributed by atoms with Crippen molar-refractivity contribution in [1.29, 1.82) is 0 Å². The first kappa shape index (κ1) is 10.3. The summed E-state index contributed by atoms with van der Waals surface area (Å²) in [6.07, 6.45) is 6.22. The molecule has 0 aliphatic heterocycles. The molecule has 1 amide bonds. The average Bonchev–Trinajstić information content (AvgIpc) is 2.01. The van der Waals surface area contributed by atoms with Crippen LogP contribution in [0.1, 0.15) is 19.8 Å². The topological polar surface area (TPSA) is 29.1 Å². The Bertz CT molecular complexity index is 162. The molecule has 62 valence electrons. The summed E-state index contributed by atoms with van der Waals surface area (Å²) in [5.41, 5.74) is 0. The molecular formula is C8H12ClNO. The van der Waals surface area contributed by atoms with Gasteiger partial charge in [-0.2, -0.15) is 0 Å². The van der Waals surface area contributed by atoms with E-state index in [0.29, 0.717) is 12.3 Å². The lowest BCUT2D eigenvalue weighted by Crippen LogP contribution is -2.33. The monoisotopic (exact) mass is 173 g/mol. The fraction of sp³-hybridized carbons (Fsp3) is 0.625. The molecule has 0 aliphatic rings. The Morgan fingerprint density at radius 1 is 1.82 bits per heavy atom. The summed E-state index contributed by atoms with van der Waals surface area (Å²) < 4.78 is 0. The summed E-state index contributed by atoms with van der Waals surface area (Å²) >= 11 is 5.35. The largest absolute Gasteiger partial charge is 0.342 e. The maximum Gasteiger partial charge on any atom is 0.222 e. The van der Waals surface area contributed by atoms with Gasteiger partial charge in [-0.25, -0.2) is 0 Å². The molecule has 0 fully saturated rings. The minimum atomic E-state index is -0.147. The van der Waals surface area contributed by atoms with Crippen LogP contribution in [0.2, 0.25) is 0 Å². The van der Waals surface area contributed by atoms with Gasteiger partial charge >= 0.3 is 0 Å². The van der Waals surface area contributed by atoms with E-state index in [1.54, 1.807) is 0 Å². The van der Waals surface area contributed by atoms with Crippen LogP contribution in [0.15, 0.2) is 0 Å². The minimum Gasteiger partial charge on any atom is -0.342 e. The Labute approximate surface area is 72.3 Å². The summed E-state index contributed by atoms with van der Waals surface area (Å²) in [7, 11) is 0. The maximum atomic E-state index is 10.9. The summed E-state index contributed by atoms with van der Waals surface area (Å²) in [6, 6.07) is -0.147. The predicted molar refractivity (Wildman–Crippen MR) is 46.4 cm³/mol. The van der Waals surface area contributed by atoms with Gasteiger partial charge in [-0.3, -0.25) is 4.79 Å². The molecule has 1 unspecified atom stereocenters. The molecule has 0 aliphatic carbocycles. The van der Waals surface area contributed by atoms with Gasteiger partial charge < -0.3 is 5.32 Å². The van der Waals surface area contributed by atoms with Crippen LogP contribution in [0, 0.1) is 12.3 Å². The lowest BCUT2D eigenvalue weighted by atomic mass is 10.2. The van der Waals surface area contributed by atoms with Crippen LogP contribution in [0.3, 0.4) is 0 Å². The van der Waals surface area contributed by atoms with Crippen molar-refractivity contribution in [1.82, 2.24) is 5.32 Å². The van der Waals surface area contributed by atoms with Gasteiger partial charge in [-0.1, -0.05) is 12.8 Å². The van der Waals surface area contributed by atoms with Gasteiger partial charge in [0.05, 0.1) is 6.04 Å². The van der Waals surface area contributed by atoms with Gasteiger partial charge in [0.25, 0.3) is 0 Å². The Kier molecular flexibility index (Phi) is 5.68. The van der Waals surface area contributed by atoms with Gasteiger partial charge in [0.2, 0.25) is 5.91 Å². The van der Waals surface area contributed by atoms with E-state index in [4.69, 9.17) is 18.0 Å². The summed E-state index contributed by atoms with van der Waals surface area (Å²) in [5.74, 6) is 2.73. The molecule has 0 saturated heterocycles. The molecule has 0 aromatic carbocycles. The third kappa shape index (κ3) is 4.69. The van der Waals surface area contributed by atoms with Crippen molar-refractivity contribution in [2.45, 2.75) is 25.8 Å². The van der Waals surface area contributed by atoms with E-state index >= 15 is 0 Å². The fourth-order valence-corrected chi connectivity index (χ4v) is 0.786. The first-order valence-electron chi connectivity index (χ1n) is 3.56. The molecule has 1 N–H and O–H groups in total. The number of nitrogens with one attached hydrogen (secondary N) is 1. The molecule has 2 nitrogen and oxygen atoms in total. The SMILES string of the molecule is C#CC(CC)NC(=O)CCCl. The van der Waals surface area contributed by atoms with E-state index < -0.39 is 0 Å². The average molecular weight is 174 g/mol. The van der Waals surface area contributed by atoms with Crippen molar-refractivity contribution < 1.29 is 4.79 Å². The number of terminal acetylenes is 1. The Morgan fingerprint density at radius 3 is 2.82 bits per heavy atom. The van der Waals surface area contributed by atoms with Crippen molar-refractivity contribution in [3.05, 3.63) is 0 Å². The highest BCUT2D eigenvalue weighted by molar-refractivity contribution is 6.18. The number of carbonyl (C=O) groups excluding carboxylic acids is 1. The Morgan fingerprint density at radius 2 is 2.45 bits per heavy atom. The van der Waals surface area contributed by atoms with Crippen LogP contribution >= 0.6 is 11.6 Å². The zero-order valence-corrected chi connectivity index (χ0v) is 7.32. The van der Waals surface area contributed by atoms with Crippen molar-refractivity contribution in [3.8, 4) is 12.3 Å². The highest BCUT2D eigenvalue weighted by Crippen LogP contribution is 1.90. The molecule has 0 spiro atoms. The van der Waals surface area contributed by atoms with Crippen LogP contribution in [0.4, 0.5) is 0 Å². The van der Waals surface area contributed by atoms with E-state index in [-0.39, 0.29) is 11.9 Å². The molecule has 0 rings (SSSR count). The highest BCUT2D eigenvalue weighted by atomic mass is 35.5. The Balaban J connectivity index is 3.65. The van der Waals surface area contributed by atoms with Crippen LogP contribution < -0.4 is 5.32 Å². The first-order chi connectivity index (χ1) is 5.24. The van der Waals surface area contributed by atoms with Crippen molar-refractivity contribution in [3.63, 3.8) is 0 Å². The molecule has 0 bridgehead atoms. The fourth-order valence-electron chi connectivity index (χ4n) is 0.614. The van der Waals surface area contributed by atoms with Gasteiger partial charge in [0.15, 0.2) is 0 Å². The second kappa shape index (κ2) is 6.06. The second-order valence-corrected chi connectivity index (χ2v) is 2.51. The molecule has 0 radical (unpaired) electrons. The smallest absolute Gasteiger partial charge is 0.222 e. The lowest BCUT2D eigenvalue weighted by molar-refractivity contribution is -0.121. The Hall–Kier alpha value is -0.680. The summed E-state index contributed by atoms with van der Waals surface area (Å²) in [5, 5.41) is 2.66. The van der Waals surface area contributed by atoms with Crippen molar-refractivity contribution in [2.75, 3.05) is 5.88 Å². The molecule has 0 saturated carbocycles. The first-order valence-corrected chi connectivity index (χ1v) is 4.09. The molecule has 0 heterocycles.